The zero-order chi connectivity index (χ0) is 17.7. The molecule has 2 N–H and O–H groups in total. The van der Waals surface area contributed by atoms with Crippen LogP contribution in [0.4, 0.5) is 0 Å². The lowest BCUT2D eigenvalue weighted by Gasteiger charge is -2.12. The quantitative estimate of drug-likeness (QED) is 0.734. The van der Waals surface area contributed by atoms with Crippen LogP contribution < -0.4 is 20.3 Å². The Kier molecular flexibility index (Phi) is 5.66. The third-order valence-corrected chi connectivity index (χ3v) is 5.61. The SMILES string of the molecule is COc1ccc(C(=O)NNC(=O)C[C@@H]2CCS(=O)(=O)C2)c(OC)c1. The van der Waals surface area contributed by atoms with Gasteiger partial charge in [0, 0.05) is 12.5 Å². The van der Waals surface area contributed by atoms with E-state index < -0.39 is 21.7 Å². The van der Waals surface area contributed by atoms with Crippen molar-refractivity contribution in [2.24, 2.45) is 5.92 Å². The van der Waals surface area contributed by atoms with Crippen LogP contribution in [0.25, 0.3) is 0 Å². The standard InChI is InChI=1S/C15H20N2O6S/c1-22-11-3-4-12(13(8-11)23-2)15(19)17-16-14(18)7-10-5-6-24(20,21)9-10/h3-4,8,10H,5-7,9H2,1-2H3,(H,16,18)(H,17,19)/t10-/m0/s1. The molecule has 0 saturated carbocycles. The summed E-state index contributed by atoms with van der Waals surface area (Å²) in [5.41, 5.74) is 4.83. The van der Waals surface area contributed by atoms with Crippen LogP contribution in [0.2, 0.25) is 0 Å². The molecule has 8 nitrogen and oxygen atoms in total. The van der Waals surface area contributed by atoms with Crippen LogP contribution in [0.1, 0.15) is 23.2 Å². The maximum atomic E-state index is 12.1. The van der Waals surface area contributed by atoms with Crippen molar-refractivity contribution in [3.8, 4) is 11.5 Å². The van der Waals surface area contributed by atoms with Gasteiger partial charge in [0.25, 0.3) is 5.91 Å². The zero-order valence-corrected chi connectivity index (χ0v) is 14.3. The number of hydrogen-bond donors (Lipinski definition) is 2. The lowest BCUT2D eigenvalue weighted by atomic mass is 10.1. The van der Waals surface area contributed by atoms with E-state index in [1.165, 1.54) is 20.3 Å². The molecule has 1 aromatic rings. The van der Waals surface area contributed by atoms with Gasteiger partial charge in [-0.15, -0.1) is 0 Å². The Morgan fingerprint density at radius 2 is 1.96 bits per heavy atom. The first-order valence-corrected chi connectivity index (χ1v) is 9.18. The number of benzene rings is 1. The van der Waals surface area contributed by atoms with Crippen LogP contribution >= 0.6 is 0 Å². The number of hydrazine groups is 1. The summed E-state index contributed by atoms with van der Waals surface area (Å²) < 4.78 is 32.9. The molecular formula is C15H20N2O6S. The fourth-order valence-corrected chi connectivity index (χ4v) is 4.39. The minimum Gasteiger partial charge on any atom is -0.497 e. The molecule has 0 aromatic heterocycles. The number of amides is 2. The van der Waals surface area contributed by atoms with E-state index in [0.29, 0.717) is 17.9 Å². The second kappa shape index (κ2) is 7.52. The van der Waals surface area contributed by atoms with E-state index in [2.05, 4.69) is 10.9 Å². The Morgan fingerprint density at radius 1 is 1.21 bits per heavy atom. The molecule has 24 heavy (non-hydrogen) atoms. The predicted octanol–water partition coefficient (Wildman–Crippen LogP) is 0.290. The van der Waals surface area contributed by atoms with E-state index in [0.717, 1.165) is 0 Å². The van der Waals surface area contributed by atoms with Crippen LogP contribution in [0.3, 0.4) is 0 Å². The molecule has 1 fully saturated rings. The van der Waals surface area contributed by atoms with Crippen LogP contribution in [0.15, 0.2) is 18.2 Å². The van der Waals surface area contributed by atoms with Gasteiger partial charge in [0.2, 0.25) is 5.91 Å². The fraction of sp³-hybridized carbons (Fsp3) is 0.467. The second-order valence-electron chi connectivity index (χ2n) is 5.54. The summed E-state index contributed by atoms with van der Waals surface area (Å²) >= 11 is 0. The van der Waals surface area contributed by atoms with Crippen LogP contribution in [0, 0.1) is 5.92 Å². The van der Waals surface area contributed by atoms with Gasteiger partial charge in [-0.3, -0.25) is 20.4 Å². The molecule has 2 amide bonds. The minimum absolute atomic E-state index is 0.0146. The van der Waals surface area contributed by atoms with Crippen molar-refractivity contribution in [3.05, 3.63) is 23.8 Å². The smallest absolute Gasteiger partial charge is 0.273 e. The van der Waals surface area contributed by atoms with Crippen LogP contribution in [-0.4, -0.2) is 46.0 Å². The van der Waals surface area contributed by atoms with Crippen molar-refractivity contribution in [2.75, 3.05) is 25.7 Å². The van der Waals surface area contributed by atoms with Gasteiger partial charge in [0.1, 0.15) is 11.5 Å². The Morgan fingerprint density at radius 3 is 2.54 bits per heavy atom. The molecule has 9 heteroatoms. The molecule has 0 unspecified atom stereocenters. The zero-order valence-electron chi connectivity index (χ0n) is 13.5. The molecule has 1 heterocycles. The summed E-state index contributed by atoms with van der Waals surface area (Å²) in [5, 5.41) is 0. The van der Waals surface area contributed by atoms with Crippen molar-refractivity contribution in [1.82, 2.24) is 10.9 Å². The summed E-state index contributed by atoms with van der Waals surface area (Å²) in [4.78, 5) is 24.0. The third-order valence-electron chi connectivity index (χ3n) is 3.77. The van der Waals surface area contributed by atoms with Gasteiger partial charge in [-0.2, -0.15) is 0 Å². The maximum Gasteiger partial charge on any atom is 0.273 e. The van der Waals surface area contributed by atoms with Gasteiger partial charge in [-0.25, -0.2) is 8.42 Å². The lowest BCUT2D eigenvalue weighted by molar-refractivity contribution is -0.122. The molecule has 1 aliphatic heterocycles. The number of ether oxygens (including phenoxy) is 2. The van der Waals surface area contributed by atoms with Gasteiger partial charge in [-0.1, -0.05) is 0 Å². The summed E-state index contributed by atoms with van der Waals surface area (Å²) in [6.07, 6.45) is 0.523. The van der Waals surface area contributed by atoms with Gasteiger partial charge >= 0.3 is 0 Å². The van der Waals surface area contributed by atoms with Gasteiger partial charge in [-0.05, 0) is 24.5 Å². The molecule has 1 atom stereocenters. The Hall–Kier alpha value is -2.29. The van der Waals surface area contributed by atoms with Crippen LogP contribution in [0.5, 0.6) is 11.5 Å². The number of rotatable bonds is 5. The summed E-state index contributed by atoms with van der Waals surface area (Å²) in [6, 6.07) is 4.67. The highest BCUT2D eigenvalue weighted by molar-refractivity contribution is 7.91. The van der Waals surface area contributed by atoms with E-state index in [1.54, 1.807) is 12.1 Å². The Labute approximate surface area is 140 Å². The molecule has 132 valence electrons. The number of nitrogens with one attached hydrogen (secondary N) is 2. The highest BCUT2D eigenvalue weighted by atomic mass is 32.2. The first-order valence-electron chi connectivity index (χ1n) is 7.36. The van der Waals surface area contributed by atoms with Crippen molar-refractivity contribution < 1.29 is 27.5 Å². The van der Waals surface area contributed by atoms with Crippen molar-refractivity contribution in [2.45, 2.75) is 12.8 Å². The van der Waals surface area contributed by atoms with Gasteiger partial charge in [0.05, 0.1) is 31.3 Å². The normalized spacial score (nSPS) is 18.7. The van der Waals surface area contributed by atoms with Crippen LogP contribution in [-0.2, 0) is 14.6 Å². The van der Waals surface area contributed by atoms with Crippen molar-refractivity contribution in [3.63, 3.8) is 0 Å². The Bertz CT molecular complexity index is 731. The average molecular weight is 356 g/mol. The molecular weight excluding hydrogens is 336 g/mol. The minimum atomic E-state index is -3.03. The largest absolute Gasteiger partial charge is 0.497 e. The molecule has 2 rings (SSSR count). The van der Waals surface area contributed by atoms with E-state index in [-0.39, 0.29) is 29.4 Å². The third kappa shape index (κ3) is 4.60. The first kappa shape index (κ1) is 18.1. The first-order chi connectivity index (χ1) is 11.3. The number of hydrogen-bond acceptors (Lipinski definition) is 6. The van der Waals surface area contributed by atoms with E-state index >= 15 is 0 Å². The monoisotopic (exact) mass is 356 g/mol. The topological polar surface area (TPSA) is 111 Å². The molecule has 0 aliphatic carbocycles. The van der Waals surface area contributed by atoms with Crippen molar-refractivity contribution >= 4 is 21.7 Å². The second-order valence-corrected chi connectivity index (χ2v) is 7.77. The average Bonchev–Trinajstić information content (AvgIpc) is 2.90. The molecule has 1 aliphatic rings. The van der Waals surface area contributed by atoms with E-state index in [4.69, 9.17) is 9.47 Å². The highest BCUT2D eigenvalue weighted by Gasteiger charge is 2.29. The van der Waals surface area contributed by atoms with E-state index in [9.17, 15) is 18.0 Å². The molecule has 1 saturated heterocycles. The maximum absolute atomic E-state index is 12.1. The fourth-order valence-electron chi connectivity index (χ4n) is 2.53. The van der Waals surface area contributed by atoms with Gasteiger partial charge in [0.15, 0.2) is 9.84 Å². The lowest BCUT2D eigenvalue weighted by Crippen LogP contribution is -2.42. The Balaban J connectivity index is 1.90. The van der Waals surface area contributed by atoms with E-state index in [1.807, 2.05) is 0 Å². The number of carbonyl (C=O) groups is 2. The highest BCUT2D eigenvalue weighted by Crippen LogP contribution is 2.24. The molecule has 0 radical (unpaired) electrons. The number of sulfone groups is 1. The van der Waals surface area contributed by atoms with Crippen molar-refractivity contribution in [1.29, 1.82) is 0 Å². The summed E-state index contributed by atoms with van der Waals surface area (Å²) in [5.74, 6) is -0.207. The predicted molar refractivity (Wildman–Crippen MR) is 86.5 cm³/mol. The number of carbonyl (C=O) groups excluding carboxylic acids is 2. The number of methoxy groups -OCH3 is 2. The summed E-state index contributed by atoms with van der Waals surface area (Å²) in [7, 11) is -0.107. The molecule has 0 bridgehead atoms. The molecule has 1 aromatic carbocycles. The summed E-state index contributed by atoms with van der Waals surface area (Å²) in [6.45, 7) is 0. The molecule has 0 spiro atoms. The van der Waals surface area contributed by atoms with Gasteiger partial charge < -0.3 is 9.47 Å².